The number of aromatic nitrogens is 2. The van der Waals surface area contributed by atoms with Crippen molar-refractivity contribution in [1.82, 2.24) is 20.0 Å². The quantitative estimate of drug-likeness (QED) is 0.873. The van der Waals surface area contributed by atoms with Crippen molar-refractivity contribution in [1.29, 1.82) is 0 Å². The van der Waals surface area contributed by atoms with E-state index in [4.69, 9.17) is 0 Å². The van der Waals surface area contributed by atoms with E-state index in [0.29, 0.717) is 24.7 Å². The summed E-state index contributed by atoms with van der Waals surface area (Å²) in [5.74, 6) is -0.250. The van der Waals surface area contributed by atoms with E-state index in [1.165, 1.54) is 16.8 Å². The molecule has 0 unspecified atom stereocenters. The molecular formula is C20H25FN4O2. The number of nitrogens with zero attached hydrogens (tertiary/aromatic N) is 3. The topological polar surface area (TPSA) is 67.2 Å². The first-order chi connectivity index (χ1) is 13.0. The molecule has 0 saturated carbocycles. The molecule has 3 rings (SSSR count). The summed E-state index contributed by atoms with van der Waals surface area (Å²) in [6.07, 6.45) is 2.92. The highest BCUT2D eigenvalue weighted by Gasteiger charge is 2.26. The molecule has 27 heavy (non-hydrogen) atoms. The van der Waals surface area contributed by atoms with Gasteiger partial charge < -0.3 is 10.2 Å². The van der Waals surface area contributed by atoms with E-state index in [9.17, 15) is 14.0 Å². The summed E-state index contributed by atoms with van der Waals surface area (Å²) in [6.45, 7) is 3.86. The SMILES string of the molecule is CNCCC1CCN(C(=O)c2nn(-c3ccccc3F)c(C)cc2=O)CC1. The normalized spacial score (nSPS) is 15.1. The van der Waals surface area contributed by atoms with Crippen LogP contribution in [-0.4, -0.2) is 47.3 Å². The molecule has 0 aliphatic carbocycles. The second-order valence-corrected chi connectivity index (χ2v) is 6.99. The van der Waals surface area contributed by atoms with Gasteiger partial charge >= 0.3 is 0 Å². The Bertz CT molecular complexity index is 873. The predicted octanol–water partition coefficient (Wildman–Crippen LogP) is 2.14. The fourth-order valence-electron chi connectivity index (χ4n) is 3.49. The number of amides is 1. The highest BCUT2D eigenvalue weighted by molar-refractivity contribution is 5.92. The van der Waals surface area contributed by atoms with Gasteiger partial charge in [-0.25, -0.2) is 9.07 Å². The molecule has 1 aromatic heterocycles. The van der Waals surface area contributed by atoms with Crippen LogP contribution in [0.25, 0.3) is 5.69 Å². The molecule has 1 aliphatic rings. The average molecular weight is 372 g/mol. The number of benzene rings is 1. The standard InChI is InChI=1S/C20H25FN4O2/c1-14-13-18(26)19(23-25(14)17-6-4-3-5-16(17)21)20(27)24-11-8-15(9-12-24)7-10-22-2/h3-6,13,15,22H,7-12H2,1-2H3. The second kappa shape index (κ2) is 8.43. The van der Waals surface area contributed by atoms with Crippen molar-refractivity contribution >= 4 is 5.91 Å². The molecule has 144 valence electrons. The minimum atomic E-state index is -0.458. The Kier molecular flexibility index (Phi) is 6.01. The Morgan fingerprint density at radius 3 is 2.67 bits per heavy atom. The Labute approximate surface area is 158 Å². The van der Waals surface area contributed by atoms with E-state index >= 15 is 0 Å². The fraction of sp³-hybridized carbons (Fsp3) is 0.450. The predicted molar refractivity (Wildman–Crippen MR) is 102 cm³/mol. The van der Waals surface area contributed by atoms with E-state index in [1.807, 2.05) is 7.05 Å². The van der Waals surface area contributed by atoms with Gasteiger partial charge in [0.1, 0.15) is 11.5 Å². The summed E-state index contributed by atoms with van der Waals surface area (Å²) in [6, 6.07) is 7.51. The van der Waals surface area contributed by atoms with Gasteiger partial charge in [-0.3, -0.25) is 9.59 Å². The molecule has 1 aliphatic heterocycles. The van der Waals surface area contributed by atoms with Gasteiger partial charge in [-0.1, -0.05) is 12.1 Å². The highest BCUT2D eigenvalue weighted by atomic mass is 19.1. The third-order valence-corrected chi connectivity index (χ3v) is 5.10. The monoisotopic (exact) mass is 372 g/mol. The summed E-state index contributed by atoms with van der Waals surface area (Å²) in [4.78, 5) is 26.9. The summed E-state index contributed by atoms with van der Waals surface area (Å²) >= 11 is 0. The van der Waals surface area contributed by atoms with Crippen LogP contribution in [-0.2, 0) is 0 Å². The molecule has 6 nitrogen and oxygen atoms in total. The van der Waals surface area contributed by atoms with Crippen LogP contribution < -0.4 is 10.7 Å². The molecule has 1 N–H and O–H groups in total. The van der Waals surface area contributed by atoms with Crippen LogP contribution in [0.2, 0.25) is 0 Å². The molecule has 2 heterocycles. The lowest BCUT2D eigenvalue weighted by molar-refractivity contribution is 0.0677. The molecule has 1 aromatic carbocycles. The lowest BCUT2D eigenvalue weighted by Crippen LogP contribution is -2.41. The largest absolute Gasteiger partial charge is 0.337 e. The minimum Gasteiger partial charge on any atom is -0.337 e. The number of aryl methyl sites for hydroxylation is 1. The third-order valence-electron chi connectivity index (χ3n) is 5.10. The molecule has 0 radical (unpaired) electrons. The molecule has 0 bridgehead atoms. The van der Waals surface area contributed by atoms with Crippen molar-refractivity contribution in [2.45, 2.75) is 26.2 Å². The van der Waals surface area contributed by atoms with Gasteiger partial charge in [-0.2, -0.15) is 5.10 Å². The molecule has 0 spiro atoms. The van der Waals surface area contributed by atoms with Gasteiger partial charge in [0.2, 0.25) is 5.43 Å². The Morgan fingerprint density at radius 1 is 1.30 bits per heavy atom. The number of piperidine rings is 1. The molecule has 1 saturated heterocycles. The van der Waals surface area contributed by atoms with Crippen LogP contribution in [0.4, 0.5) is 4.39 Å². The fourth-order valence-corrected chi connectivity index (χ4v) is 3.49. The number of hydrogen-bond acceptors (Lipinski definition) is 4. The van der Waals surface area contributed by atoms with E-state index < -0.39 is 11.2 Å². The zero-order chi connectivity index (χ0) is 19.4. The van der Waals surface area contributed by atoms with Crippen LogP contribution >= 0.6 is 0 Å². The number of nitrogens with one attached hydrogen (secondary N) is 1. The average Bonchev–Trinajstić information content (AvgIpc) is 2.67. The Balaban J connectivity index is 1.83. The maximum Gasteiger partial charge on any atom is 0.278 e. The molecule has 1 amide bonds. The first kappa shape index (κ1) is 19.2. The van der Waals surface area contributed by atoms with Crippen molar-refractivity contribution in [3.05, 3.63) is 57.8 Å². The number of likely N-dealkylation sites (tertiary alicyclic amines) is 1. The molecule has 1 fully saturated rings. The first-order valence-corrected chi connectivity index (χ1v) is 9.31. The molecule has 2 aromatic rings. The van der Waals surface area contributed by atoms with Gasteiger partial charge in [0.25, 0.3) is 5.91 Å². The smallest absolute Gasteiger partial charge is 0.278 e. The third kappa shape index (κ3) is 4.24. The van der Waals surface area contributed by atoms with Crippen molar-refractivity contribution in [2.24, 2.45) is 5.92 Å². The van der Waals surface area contributed by atoms with Crippen molar-refractivity contribution < 1.29 is 9.18 Å². The van der Waals surface area contributed by atoms with Gasteiger partial charge in [-0.05, 0) is 57.8 Å². The van der Waals surface area contributed by atoms with Gasteiger partial charge in [-0.15, -0.1) is 0 Å². The van der Waals surface area contributed by atoms with Crippen LogP contribution in [0.5, 0.6) is 0 Å². The number of rotatable bonds is 5. The zero-order valence-electron chi connectivity index (χ0n) is 15.7. The van der Waals surface area contributed by atoms with Crippen molar-refractivity contribution in [3.63, 3.8) is 0 Å². The van der Waals surface area contributed by atoms with Crippen LogP contribution in [0.1, 0.15) is 35.4 Å². The Hall–Kier alpha value is -2.54. The molecular weight excluding hydrogens is 347 g/mol. The van der Waals surface area contributed by atoms with E-state index in [-0.39, 0.29) is 17.3 Å². The van der Waals surface area contributed by atoms with Crippen molar-refractivity contribution in [2.75, 3.05) is 26.7 Å². The summed E-state index contributed by atoms with van der Waals surface area (Å²) in [5, 5.41) is 7.36. The molecule has 7 heteroatoms. The van der Waals surface area contributed by atoms with E-state index in [1.54, 1.807) is 30.0 Å². The number of hydrogen-bond donors (Lipinski definition) is 1. The van der Waals surface area contributed by atoms with E-state index in [0.717, 1.165) is 25.8 Å². The first-order valence-electron chi connectivity index (χ1n) is 9.31. The molecule has 0 atom stereocenters. The summed E-state index contributed by atoms with van der Waals surface area (Å²) in [7, 11) is 1.93. The second-order valence-electron chi connectivity index (χ2n) is 6.99. The van der Waals surface area contributed by atoms with E-state index in [2.05, 4.69) is 10.4 Å². The lowest BCUT2D eigenvalue weighted by Gasteiger charge is -2.31. The number of para-hydroxylation sites is 1. The number of halogens is 1. The summed E-state index contributed by atoms with van der Waals surface area (Å²) in [5.41, 5.74) is 0.113. The van der Waals surface area contributed by atoms with Crippen LogP contribution in [0.3, 0.4) is 0 Å². The minimum absolute atomic E-state index is 0.155. The number of carbonyl (C=O) groups is 1. The maximum absolute atomic E-state index is 14.1. The maximum atomic E-state index is 14.1. The van der Waals surface area contributed by atoms with Crippen LogP contribution in [0.15, 0.2) is 35.1 Å². The van der Waals surface area contributed by atoms with Gasteiger partial charge in [0, 0.05) is 24.8 Å². The van der Waals surface area contributed by atoms with Gasteiger partial charge in [0.15, 0.2) is 5.69 Å². The highest BCUT2D eigenvalue weighted by Crippen LogP contribution is 2.21. The van der Waals surface area contributed by atoms with Crippen LogP contribution in [0, 0.1) is 18.7 Å². The van der Waals surface area contributed by atoms with Gasteiger partial charge in [0.05, 0.1) is 0 Å². The zero-order valence-corrected chi connectivity index (χ0v) is 15.7. The lowest BCUT2D eigenvalue weighted by atomic mass is 9.93. The summed E-state index contributed by atoms with van der Waals surface area (Å²) < 4.78 is 15.5. The Morgan fingerprint density at radius 2 is 2.00 bits per heavy atom. The van der Waals surface area contributed by atoms with Crippen molar-refractivity contribution in [3.8, 4) is 5.69 Å². The number of carbonyl (C=O) groups excluding carboxylic acids is 1.